The molecule has 0 aliphatic carbocycles. The predicted molar refractivity (Wildman–Crippen MR) is 40.7 cm³/mol. The fourth-order valence-electron chi connectivity index (χ4n) is 0.403. The number of hydrogen-bond donors (Lipinski definition) is 1. The molecule has 0 aliphatic rings. The van der Waals surface area contributed by atoms with Crippen molar-refractivity contribution in [1.29, 1.82) is 0 Å². The first-order valence-electron chi connectivity index (χ1n) is 2.15. The van der Waals surface area contributed by atoms with Crippen LogP contribution in [-0.2, 0) is 6.61 Å². The van der Waals surface area contributed by atoms with Gasteiger partial charge in [0.25, 0.3) is 0 Å². The van der Waals surface area contributed by atoms with Crippen molar-refractivity contribution in [3.63, 3.8) is 0 Å². The average molecular weight is 228 g/mol. The highest BCUT2D eigenvalue weighted by atomic mass is 79.9. The molecule has 2 nitrogen and oxygen atoms in total. The second-order valence-corrected chi connectivity index (χ2v) is 4.24. The Labute approximate surface area is 69.6 Å². The fraction of sp³-hybridized carbons (Fsp3) is 0.250. The van der Waals surface area contributed by atoms with Gasteiger partial charge in [-0.2, -0.15) is 0 Å². The quantitative estimate of drug-likeness (QED) is 0.798. The Morgan fingerprint density at radius 1 is 1.78 bits per heavy atom. The van der Waals surface area contributed by atoms with Crippen LogP contribution in [0.4, 0.5) is 0 Å². The molecule has 0 unspecified atom stereocenters. The summed E-state index contributed by atoms with van der Waals surface area (Å²) in [6.45, 7) is -0.0657. The van der Waals surface area contributed by atoms with Crippen molar-refractivity contribution in [3.05, 3.63) is 13.9 Å². The van der Waals surface area contributed by atoms with Crippen LogP contribution in [0.25, 0.3) is 0 Å². The first-order chi connectivity index (χ1) is 4.24. The van der Waals surface area contributed by atoms with E-state index in [-0.39, 0.29) is 6.61 Å². The third-order valence-electron chi connectivity index (χ3n) is 0.773. The van der Waals surface area contributed by atoms with E-state index in [9.17, 15) is 0 Å². The number of halogens is 2. The number of nitrogens with zero attached hydrogens (tertiary/aromatic N) is 1. The average Bonchev–Trinajstić information content (AvgIpc) is 2.10. The second-order valence-electron chi connectivity index (χ2n) is 1.35. The summed E-state index contributed by atoms with van der Waals surface area (Å²) in [5, 5.41) is 8.59. The van der Waals surface area contributed by atoms with E-state index in [2.05, 4.69) is 20.9 Å². The smallest absolute Gasteiger partial charge is 0.184 e. The van der Waals surface area contributed by atoms with Gasteiger partial charge in [-0.25, -0.2) is 4.98 Å². The summed E-state index contributed by atoms with van der Waals surface area (Å²) in [5.41, 5.74) is 0.602. The van der Waals surface area contributed by atoms with Crippen molar-refractivity contribution in [1.82, 2.24) is 4.98 Å². The molecule has 0 radical (unpaired) electrons. The summed E-state index contributed by atoms with van der Waals surface area (Å²) < 4.78 is 1.25. The van der Waals surface area contributed by atoms with E-state index >= 15 is 0 Å². The van der Waals surface area contributed by atoms with Gasteiger partial charge in [0.05, 0.1) is 16.1 Å². The third kappa shape index (κ3) is 1.64. The van der Waals surface area contributed by atoms with Crippen LogP contribution in [0.3, 0.4) is 0 Å². The fourth-order valence-corrected chi connectivity index (χ4v) is 2.22. The standard InChI is InChI=1S/C4H3BrClNOS/c5-3-2(1-8)7-4(6)9-3/h8H,1H2. The van der Waals surface area contributed by atoms with Crippen molar-refractivity contribution in [2.24, 2.45) is 0 Å². The molecule has 1 N–H and O–H groups in total. The van der Waals surface area contributed by atoms with E-state index in [4.69, 9.17) is 16.7 Å². The molecular weight excluding hydrogens is 225 g/mol. The van der Waals surface area contributed by atoms with E-state index < -0.39 is 0 Å². The van der Waals surface area contributed by atoms with Gasteiger partial charge in [0.1, 0.15) is 0 Å². The number of aromatic nitrogens is 1. The highest BCUT2D eigenvalue weighted by Gasteiger charge is 2.04. The molecule has 5 heteroatoms. The Morgan fingerprint density at radius 3 is 2.67 bits per heavy atom. The third-order valence-corrected chi connectivity index (χ3v) is 2.71. The topological polar surface area (TPSA) is 33.1 Å². The summed E-state index contributed by atoms with van der Waals surface area (Å²) >= 11 is 10.0. The molecule has 1 aromatic heterocycles. The van der Waals surface area contributed by atoms with Gasteiger partial charge in [-0.05, 0) is 15.9 Å². The van der Waals surface area contributed by atoms with Gasteiger partial charge >= 0.3 is 0 Å². The minimum absolute atomic E-state index is 0.0657. The first kappa shape index (κ1) is 7.47. The normalized spacial score (nSPS) is 10.1. The first-order valence-corrected chi connectivity index (χ1v) is 4.14. The maximum Gasteiger partial charge on any atom is 0.184 e. The van der Waals surface area contributed by atoms with Crippen LogP contribution in [0.15, 0.2) is 3.79 Å². The summed E-state index contributed by atoms with van der Waals surface area (Å²) in [6.07, 6.45) is 0. The summed E-state index contributed by atoms with van der Waals surface area (Å²) in [5.74, 6) is 0. The Bertz CT molecular complexity index is 214. The van der Waals surface area contributed by atoms with Crippen molar-refractivity contribution in [2.45, 2.75) is 6.61 Å². The van der Waals surface area contributed by atoms with Gasteiger partial charge in [-0.3, -0.25) is 0 Å². The summed E-state index contributed by atoms with van der Waals surface area (Å²) in [4.78, 5) is 3.82. The van der Waals surface area contributed by atoms with E-state index in [1.54, 1.807) is 0 Å². The number of thiazole rings is 1. The van der Waals surface area contributed by atoms with Gasteiger partial charge in [-0.1, -0.05) is 22.9 Å². The van der Waals surface area contributed by atoms with Gasteiger partial charge in [0.2, 0.25) is 0 Å². The maximum absolute atomic E-state index is 8.59. The Balaban J connectivity index is 3.01. The molecule has 9 heavy (non-hydrogen) atoms. The van der Waals surface area contributed by atoms with Crippen molar-refractivity contribution < 1.29 is 5.11 Å². The monoisotopic (exact) mass is 227 g/mol. The van der Waals surface area contributed by atoms with Crippen LogP contribution in [0.2, 0.25) is 4.47 Å². The SMILES string of the molecule is OCc1nc(Cl)sc1Br. The maximum atomic E-state index is 8.59. The molecule has 0 bridgehead atoms. The predicted octanol–water partition coefficient (Wildman–Crippen LogP) is 2.05. The van der Waals surface area contributed by atoms with Crippen molar-refractivity contribution in [2.75, 3.05) is 0 Å². The molecule has 0 aromatic carbocycles. The number of hydrogen-bond acceptors (Lipinski definition) is 3. The Morgan fingerprint density at radius 2 is 2.44 bits per heavy atom. The molecule has 0 atom stereocenters. The second kappa shape index (κ2) is 2.96. The zero-order valence-electron chi connectivity index (χ0n) is 4.27. The molecule has 0 amide bonds. The molecule has 0 aliphatic heterocycles. The van der Waals surface area contributed by atoms with E-state index in [1.165, 1.54) is 11.3 Å². The van der Waals surface area contributed by atoms with Gasteiger partial charge in [0.15, 0.2) is 4.47 Å². The molecule has 0 spiro atoms. The highest BCUT2D eigenvalue weighted by molar-refractivity contribution is 9.11. The lowest BCUT2D eigenvalue weighted by atomic mass is 10.5. The highest BCUT2D eigenvalue weighted by Crippen LogP contribution is 2.27. The van der Waals surface area contributed by atoms with E-state index in [1.807, 2.05) is 0 Å². The molecule has 1 aromatic rings. The van der Waals surface area contributed by atoms with Crippen LogP contribution < -0.4 is 0 Å². The molecular formula is C4H3BrClNOS. The zero-order valence-corrected chi connectivity index (χ0v) is 7.42. The Kier molecular flexibility index (Phi) is 2.46. The molecule has 0 fully saturated rings. The number of aliphatic hydroxyl groups excluding tert-OH is 1. The summed E-state index contributed by atoms with van der Waals surface area (Å²) in [7, 11) is 0. The Hall–Kier alpha value is 0.360. The van der Waals surface area contributed by atoms with Crippen LogP contribution in [0.1, 0.15) is 5.69 Å². The molecule has 1 rings (SSSR count). The van der Waals surface area contributed by atoms with Crippen LogP contribution >= 0.6 is 38.9 Å². The molecule has 50 valence electrons. The lowest BCUT2D eigenvalue weighted by Gasteiger charge is -1.83. The minimum atomic E-state index is -0.0657. The molecule has 0 saturated heterocycles. The van der Waals surface area contributed by atoms with Crippen molar-refractivity contribution in [3.8, 4) is 0 Å². The molecule has 1 heterocycles. The van der Waals surface area contributed by atoms with Crippen molar-refractivity contribution >= 4 is 38.9 Å². The van der Waals surface area contributed by atoms with Crippen LogP contribution in [0, 0.1) is 0 Å². The summed E-state index contributed by atoms with van der Waals surface area (Å²) in [6, 6.07) is 0. The number of aliphatic hydroxyl groups is 1. The largest absolute Gasteiger partial charge is 0.390 e. The zero-order chi connectivity index (χ0) is 6.85. The minimum Gasteiger partial charge on any atom is -0.390 e. The lowest BCUT2D eigenvalue weighted by molar-refractivity contribution is 0.277. The molecule has 0 saturated carbocycles. The van der Waals surface area contributed by atoms with Gasteiger partial charge in [-0.15, -0.1) is 0 Å². The van der Waals surface area contributed by atoms with E-state index in [0.29, 0.717) is 10.2 Å². The van der Waals surface area contributed by atoms with Gasteiger partial charge < -0.3 is 5.11 Å². The van der Waals surface area contributed by atoms with Crippen LogP contribution in [0.5, 0.6) is 0 Å². The number of rotatable bonds is 1. The van der Waals surface area contributed by atoms with Gasteiger partial charge in [0, 0.05) is 0 Å². The lowest BCUT2D eigenvalue weighted by Crippen LogP contribution is -1.81. The van der Waals surface area contributed by atoms with Crippen LogP contribution in [-0.4, -0.2) is 10.1 Å². The van der Waals surface area contributed by atoms with E-state index in [0.717, 1.165) is 3.79 Å².